The largest absolute Gasteiger partial charge is 0.724 e. The third-order valence-electron chi connectivity index (χ3n) is 8.47. The van der Waals surface area contributed by atoms with Crippen molar-refractivity contribution >= 4 is 62.5 Å². The zero-order chi connectivity index (χ0) is 48.0. The second-order valence-electron chi connectivity index (χ2n) is 18.0. The van der Waals surface area contributed by atoms with E-state index in [4.69, 9.17) is 23.8 Å². The molecule has 1 aliphatic heterocycles. The number of β-lactam (4-membered cyclic amide) rings is 1. The van der Waals surface area contributed by atoms with Crippen molar-refractivity contribution in [1.29, 1.82) is 0 Å². The molecule has 0 saturated carbocycles. The molecule has 24 heteroatoms. The van der Waals surface area contributed by atoms with Gasteiger partial charge in [0.2, 0.25) is 16.6 Å². The summed E-state index contributed by atoms with van der Waals surface area (Å²) >= 11 is 0.886. The molecule has 352 valence electrons. The normalized spacial score (nSPS) is 16.0. The van der Waals surface area contributed by atoms with Gasteiger partial charge >= 0.3 is 18.2 Å². The van der Waals surface area contributed by atoms with Crippen LogP contribution in [-0.2, 0) is 61.7 Å². The van der Waals surface area contributed by atoms with Crippen molar-refractivity contribution in [3.63, 3.8) is 0 Å². The van der Waals surface area contributed by atoms with E-state index >= 15 is 0 Å². The van der Waals surface area contributed by atoms with Gasteiger partial charge in [-0.3, -0.25) is 14.9 Å². The SMILES string of the molecule is C[n+]1cc(-c2ccc(OC[C@H](O/N=C(\C(=O)N[C@@H]3C(=O)N(OS(=O)(=O)[O-])C3(C)C)c3csc(NC(=O)OC(C)(C)C)n3)C(=O)OC(C)(C)C)cc2)cn1CCCNC(=O)OC(C)(C)C. The first-order valence-electron chi connectivity index (χ1n) is 19.9. The molecule has 1 fully saturated rings. The Bertz CT molecular complexity index is 2320. The highest BCUT2D eigenvalue weighted by Gasteiger charge is 2.57. The molecule has 3 aromatic rings. The fourth-order valence-electron chi connectivity index (χ4n) is 5.67. The molecule has 0 bridgehead atoms. The molecule has 0 unspecified atom stereocenters. The standard InChI is InChI=1S/C40H56N8O14S2/c1-37(2,3)58-33(51)28(22-57-26-16-14-24(15-17-26)25-20-46(12)47(21-25)19-13-18-41-35(52)59-38(4,5)6)61-45-29(27-23-63-34(42-27)44-36(53)60-39(7,8)9)31(49)43-30-32(50)48(40(30,10)11)62-64(54,55)56/h14-17,20-21,23,28,30H,13,18-19,22H2,1-12H3,(H3-,41,42,43,44,49,52,53,54,55,56)/b45-29-/t28-,30+/m0/s1. The van der Waals surface area contributed by atoms with Gasteiger partial charge in [0, 0.05) is 11.9 Å². The number of hydrogen-bond acceptors (Lipinski definition) is 17. The van der Waals surface area contributed by atoms with Crippen molar-refractivity contribution in [1.82, 2.24) is 25.4 Å². The number of nitrogens with one attached hydrogen (secondary N) is 3. The quantitative estimate of drug-likeness (QED) is 0.0200. The fraction of sp³-hybridized carbons (Fsp3) is 0.550. The first kappa shape index (κ1) is 50.8. The van der Waals surface area contributed by atoms with Crippen LogP contribution < -0.4 is 25.4 Å². The second-order valence-corrected chi connectivity index (χ2v) is 19.8. The number of hydrogen-bond donors (Lipinski definition) is 3. The smallest absolute Gasteiger partial charge is 0.413 e. The molecule has 3 heterocycles. The lowest BCUT2D eigenvalue weighted by Gasteiger charge is -2.51. The number of alkyl carbamates (subject to hydrolysis) is 1. The Kier molecular flexibility index (Phi) is 15.8. The van der Waals surface area contributed by atoms with Crippen LogP contribution in [0, 0.1) is 0 Å². The number of ether oxygens (including phenoxy) is 4. The Morgan fingerprint density at radius 2 is 1.56 bits per heavy atom. The maximum Gasteiger partial charge on any atom is 0.413 e. The van der Waals surface area contributed by atoms with Crippen molar-refractivity contribution in [2.24, 2.45) is 12.2 Å². The number of hydroxylamine groups is 2. The van der Waals surface area contributed by atoms with Crippen LogP contribution in [-0.4, -0.2) is 111 Å². The summed E-state index contributed by atoms with van der Waals surface area (Å²) in [5.41, 5.74) is -2.94. The number of nitrogens with zero attached hydrogens (tertiary/aromatic N) is 5. The maximum atomic E-state index is 13.9. The number of amides is 4. The van der Waals surface area contributed by atoms with Crippen LogP contribution in [0.15, 0.2) is 47.2 Å². The van der Waals surface area contributed by atoms with Crippen molar-refractivity contribution < 1.29 is 69.7 Å². The lowest BCUT2D eigenvalue weighted by atomic mass is 9.84. The van der Waals surface area contributed by atoms with E-state index in [1.165, 1.54) is 19.2 Å². The molecule has 2 aromatic heterocycles. The minimum atomic E-state index is -5.33. The maximum absolute atomic E-state index is 13.9. The first-order valence-corrected chi connectivity index (χ1v) is 22.1. The van der Waals surface area contributed by atoms with Crippen molar-refractivity contribution in [3.8, 4) is 16.9 Å². The summed E-state index contributed by atoms with van der Waals surface area (Å²) in [5, 5.41) is 13.2. The van der Waals surface area contributed by atoms with Gasteiger partial charge in [-0.15, -0.1) is 16.0 Å². The lowest BCUT2D eigenvalue weighted by molar-refractivity contribution is -0.753. The zero-order valence-electron chi connectivity index (χ0n) is 37.8. The third kappa shape index (κ3) is 15.2. The molecule has 1 aromatic carbocycles. The average molecular weight is 937 g/mol. The highest BCUT2D eigenvalue weighted by molar-refractivity contribution is 7.80. The molecule has 1 saturated heterocycles. The molecular formula is C40H56N8O14S2. The predicted octanol–water partition coefficient (Wildman–Crippen LogP) is 3.71. The Balaban J connectivity index is 1.53. The molecule has 0 aliphatic carbocycles. The molecule has 22 nitrogen and oxygen atoms in total. The van der Waals surface area contributed by atoms with Crippen LogP contribution in [0.25, 0.3) is 11.1 Å². The number of oxime groups is 1. The van der Waals surface area contributed by atoms with E-state index in [1.54, 1.807) is 74.4 Å². The van der Waals surface area contributed by atoms with Crippen LogP contribution in [0.5, 0.6) is 5.75 Å². The number of aryl methyl sites for hydroxylation is 2. The number of rotatable bonds is 17. The van der Waals surface area contributed by atoms with E-state index < -0.39 is 87.2 Å². The summed E-state index contributed by atoms with van der Waals surface area (Å²) in [6.45, 7) is 18.5. The number of benzene rings is 1. The second kappa shape index (κ2) is 19.9. The van der Waals surface area contributed by atoms with E-state index in [9.17, 15) is 36.9 Å². The summed E-state index contributed by atoms with van der Waals surface area (Å²) in [7, 11) is -3.44. The van der Waals surface area contributed by atoms with Crippen LogP contribution in [0.2, 0.25) is 0 Å². The van der Waals surface area contributed by atoms with Gasteiger partial charge in [0.05, 0.1) is 23.8 Å². The fourth-order valence-corrected chi connectivity index (χ4v) is 6.80. The van der Waals surface area contributed by atoms with Crippen LogP contribution in [0.3, 0.4) is 0 Å². The number of aromatic nitrogens is 3. The van der Waals surface area contributed by atoms with Crippen molar-refractivity contribution in [2.75, 3.05) is 18.5 Å². The van der Waals surface area contributed by atoms with E-state index in [0.717, 1.165) is 22.5 Å². The number of anilines is 1. The minimum absolute atomic E-state index is 0.0154. The Labute approximate surface area is 375 Å². The van der Waals surface area contributed by atoms with Gasteiger partial charge in [0.15, 0.2) is 17.9 Å². The molecule has 0 radical (unpaired) electrons. The minimum Gasteiger partial charge on any atom is -0.724 e. The molecule has 0 spiro atoms. The van der Waals surface area contributed by atoms with Gasteiger partial charge in [-0.05, 0) is 100 Å². The summed E-state index contributed by atoms with van der Waals surface area (Å²) in [6, 6.07) is 5.57. The average Bonchev–Trinajstić information content (AvgIpc) is 3.75. The monoisotopic (exact) mass is 936 g/mol. The number of thiazole rings is 1. The molecule has 3 N–H and O–H groups in total. The first-order chi connectivity index (χ1) is 29.4. The predicted molar refractivity (Wildman–Crippen MR) is 228 cm³/mol. The topological polar surface area (TPSA) is 271 Å². The van der Waals surface area contributed by atoms with Gasteiger partial charge in [0.1, 0.15) is 40.9 Å². The molecule has 4 rings (SSSR count). The van der Waals surface area contributed by atoms with E-state index in [-0.39, 0.29) is 10.8 Å². The van der Waals surface area contributed by atoms with Crippen LogP contribution >= 0.6 is 11.3 Å². The Morgan fingerprint density at radius 3 is 2.14 bits per heavy atom. The van der Waals surface area contributed by atoms with Crippen molar-refractivity contribution in [3.05, 3.63) is 47.7 Å². The highest BCUT2D eigenvalue weighted by Crippen LogP contribution is 2.33. The summed E-state index contributed by atoms with van der Waals surface area (Å²) in [5.74, 6) is -2.71. The van der Waals surface area contributed by atoms with E-state index in [1.807, 2.05) is 40.9 Å². The lowest BCUT2D eigenvalue weighted by Crippen LogP contribution is -2.76. The molecule has 1 aliphatic rings. The van der Waals surface area contributed by atoms with Gasteiger partial charge in [-0.25, -0.2) is 27.8 Å². The summed E-state index contributed by atoms with van der Waals surface area (Å²) in [6.07, 6.45) is 1.66. The van der Waals surface area contributed by atoms with E-state index in [2.05, 4.69) is 30.4 Å². The summed E-state index contributed by atoms with van der Waals surface area (Å²) in [4.78, 5) is 74.5. The molecular weight excluding hydrogens is 881 g/mol. The van der Waals surface area contributed by atoms with E-state index in [0.29, 0.717) is 30.3 Å². The molecule has 2 atom stereocenters. The van der Waals surface area contributed by atoms with Gasteiger partial charge < -0.3 is 39.0 Å². The van der Waals surface area contributed by atoms with Gasteiger partial charge in [0.25, 0.3) is 17.9 Å². The molecule has 4 amide bonds. The zero-order valence-corrected chi connectivity index (χ0v) is 39.4. The van der Waals surface area contributed by atoms with Crippen LogP contribution in [0.4, 0.5) is 14.7 Å². The highest BCUT2D eigenvalue weighted by atomic mass is 32.3. The van der Waals surface area contributed by atoms with Gasteiger partial charge in [-0.2, -0.15) is 14.0 Å². The Morgan fingerprint density at radius 1 is 0.953 bits per heavy atom. The Hall–Kier alpha value is -5.85. The number of esters is 1. The summed E-state index contributed by atoms with van der Waals surface area (Å²) < 4.78 is 63.9. The van der Waals surface area contributed by atoms with Crippen LogP contribution in [0.1, 0.15) is 88.3 Å². The molecule has 64 heavy (non-hydrogen) atoms. The number of carbonyl (C=O) groups excluding carboxylic acids is 5. The number of carbonyl (C=O) groups is 5. The van der Waals surface area contributed by atoms with Crippen molar-refractivity contribution in [2.45, 2.75) is 124 Å². The third-order valence-corrected chi connectivity index (χ3v) is 9.56. The van der Waals surface area contributed by atoms with Gasteiger partial charge in [-0.1, -0.05) is 17.3 Å².